The van der Waals surface area contributed by atoms with Crippen LogP contribution in [0.15, 0.2) is 28.7 Å². The molecule has 12 heavy (non-hydrogen) atoms. The Morgan fingerprint density at radius 2 is 2.25 bits per heavy atom. The number of allylic oxidation sites excluding steroid dienone is 1. The third-order valence-electron chi connectivity index (χ3n) is 2.00. The van der Waals surface area contributed by atoms with Gasteiger partial charge < -0.3 is 4.74 Å². The number of hydrogen-bond acceptors (Lipinski definition) is 1. The smallest absolute Gasteiger partial charge is 0.128 e. The van der Waals surface area contributed by atoms with Gasteiger partial charge in [0.25, 0.3) is 0 Å². The Labute approximate surface area is 80.2 Å². The van der Waals surface area contributed by atoms with Crippen molar-refractivity contribution < 1.29 is 4.74 Å². The van der Waals surface area contributed by atoms with Crippen LogP contribution in [0.3, 0.4) is 0 Å². The number of benzene rings is 1. The Balaban J connectivity index is 2.64. The van der Waals surface area contributed by atoms with Crippen molar-refractivity contribution >= 4 is 21.5 Å². The van der Waals surface area contributed by atoms with Gasteiger partial charge in [-0.25, -0.2) is 0 Å². The molecule has 0 N–H and O–H groups in total. The molecule has 0 saturated heterocycles. The summed E-state index contributed by atoms with van der Waals surface area (Å²) in [4.78, 5) is 0. The predicted molar refractivity (Wildman–Crippen MR) is 53.3 cm³/mol. The summed E-state index contributed by atoms with van der Waals surface area (Å²) >= 11 is 3.50. The van der Waals surface area contributed by atoms with Gasteiger partial charge in [-0.3, -0.25) is 0 Å². The van der Waals surface area contributed by atoms with Crippen molar-refractivity contribution in [2.24, 2.45) is 0 Å². The quantitative estimate of drug-likeness (QED) is 0.658. The number of rotatable bonds is 0. The average Bonchev–Trinajstić information content (AvgIpc) is 2.04. The molecule has 0 amide bonds. The van der Waals surface area contributed by atoms with Crippen LogP contribution < -0.4 is 4.74 Å². The molecule has 0 atom stereocenters. The van der Waals surface area contributed by atoms with Crippen LogP contribution in [0.4, 0.5) is 0 Å². The molecule has 2 heteroatoms. The van der Waals surface area contributed by atoms with Crippen molar-refractivity contribution in [3.05, 3.63) is 34.3 Å². The Morgan fingerprint density at radius 1 is 1.42 bits per heavy atom. The highest BCUT2D eigenvalue weighted by Gasteiger charge is 2.12. The van der Waals surface area contributed by atoms with Gasteiger partial charge in [0, 0.05) is 10.0 Å². The van der Waals surface area contributed by atoms with E-state index in [-0.39, 0.29) is 0 Å². The number of ether oxygens (including phenoxy) is 1. The summed E-state index contributed by atoms with van der Waals surface area (Å²) in [7, 11) is 0. The van der Waals surface area contributed by atoms with Crippen molar-refractivity contribution in [3.63, 3.8) is 0 Å². The molecule has 1 aromatic carbocycles. The molecule has 1 nitrogen and oxygen atoms in total. The summed E-state index contributed by atoms with van der Waals surface area (Å²) in [5.41, 5.74) is 2.47. The Hall–Kier alpha value is -0.760. The number of hydrogen-bond donors (Lipinski definition) is 0. The second-order valence-electron chi connectivity index (χ2n) is 2.81. The van der Waals surface area contributed by atoms with Gasteiger partial charge in [-0.15, -0.1) is 0 Å². The lowest BCUT2D eigenvalue weighted by Gasteiger charge is -2.17. The molecule has 62 valence electrons. The molecule has 0 aromatic heterocycles. The zero-order chi connectivity index (χ0) is 8.55. The Kier molecular flexibility index (Phi) is 1.93. The van der Waals surface area contributed by atoms with Gasteiger partial charge in [-0.2, -0.15) is 0 Å². The molecule has 1 aliphatic heterocycles. The van der Waals surface area contributed by atoms with Crippen LogP contribution >= 0.6 is 15.9 Å². The first kappa shape index (κ1) is 7.87. The van der Waals surface area contributed by atoms with Crippen LogP contribution in [0.1, 0.15) is 12.5 Å². The van der Waals surface area contributed by atoms with E-state index in [1.165, 1.54) is 11.1 Å². The van der Waals surface area contributed by atoms with Gasteiger partial charge in [-0.05, 0) is 30.7 Å². The van der Waals surface area contributed by atoms with E-state index in [9.17, 15) is 0 Å². The molecule has 1 aliphatic rings. The molecule has 0 aliphatic carbocycles. The maximum atomic E-state index is 5.47. The summed E-state index contributed by atoms with van der Waals surface area (Å²) in [5, 5.41) is 0. The third kappa shape index (κ3) is 1.16. The standard InChI is InChI=1S/C10H9BrO/c1-7-5-6-12-9-4-2-3-8(11)10(7)9/h2-5H,6H2,1H3. The third-order valence-corrected chi connectivity index (χ3v) is 2.66. The van der Waals surface area contributed by atoms with E-state index in [4.69, 9.17) is 4.74 Å². The minimum atomic E-state index is 0.690. The molecule has 0 radical (unpaired) electrons. The van der Waals surface area contributed by atoms with Crippen molar-refractivity contribution in [2.45, 2.75) is 6.92 Å². The van der Waals surface area contributed by atoms with E-state index < -0.39 is 0 Å². The van der Waals surface area contributed by atoms with Gasteiger partial charge in [0.15, 0.2) is 0 Å². The van der Waals surface area contributed by atoms with E-state index >= 15 is 0 Å². The molecule has 1 heterocycles. The summed E-state index contributed by atoms with van der Waals surface area (Å²) < 4.78 is 6.57. The van der Waals surface area contributed by atoms with Gasteiger partial charge in [0.05, 0.1) is 0 Å². The fourth-order valence-electron chi connectivity index (χ4n) is 1.37. The summed E-state index contributed by atoms with van der Waals surface area (Å²) in [6.07, 6.45) is 2.09. The molecule has 2 rings (SSSR count). The molecule has 0 bridgehead atoms. The Bertz CT molecular complexity index is 342. The van der Waals surface area contributed by atoms with E-state index in [1.54, 1.807) is 0 Å². The first-order chi connectivity index (χ1) is 5.79. The van der Waals surface area contributed by atoms with E-state index in [0.29, 0.717) is 6.61 Å². The lowest BCUT2D eigenvalue weighted by atomic mass is 10.0. The fraction of sp³-hybridized carbons (Fsp3) is 0.200. The van der Waals surface area contributed by atoms with Crippen LogP contribution in [0, 0.1) is 0 Å². The molecule has 1 aromatic rings. The van der Waals surface area contributed by atoms with Crippen LogP contribution in [0.2, 0.25) is 0 Å². The van der Waals surface area contributed by atoms with Crippen molar-refractivity contribution in [3.8, 4) is 5.75 Å². The molecule has 0 unspecified atom stereocenters. The van der Waals surface area contributed by atoms with Gasteiger partial charge in [-0.1, -0.05) is 22.0 Å². The van der Waals surface area contributed by atoms with E-state index in [2.05, 4.69) is 28.9 Å². The highest BCUT2D eigenvalue weighted by molar-refractivity contribution is 9.10. The van der Waals surface area contributed by atoms with Crippen LogP contribution in [-0.4, -0.2) is 6.61 Å². The van der Waals surface area contributed by atoms with Gasteiger partial charge in [0.1, 0.15) is 12.4 Å². The maximum absolute atomic E-state index is 5.47. The van der Waals surface area contributed by atoms with Crippen molar-refractivity contribution in [1.82, 2.24) is 0 Å². The topological polar surface area (TPSA) is 9.23 Å². The van der Waals surface area contributed by atoms with Crippen LogP contribution in [-0.2, 0) is 0 Å². The SMILES string of the molecule is CC1=CCOc2cccc(Br)c21. The highest BCUT2D eigenvalue weighted by Crippen LogP contribution is 2.35. The molecule has 0 saturated carbocycles. The predicted octanol–water partition coefficient (Wildman–Crippen LogP) is 3.24. The van der Waals surface area contributed by atoms with Crippen LogP contribution in [0.5, 0.6) is 5.75 Å². The average molecular weight is 225 g/mol. The lowest BCUT2D eigenvalue weighted by Crippen LogP contribution is -2.03. The molecule has 0 spiro atoms. The minimum Gasteiger partial charge on any atom is -0.489 e. The van der Waals surface area contributed by atoms with Crippen LogP contribution in [0.25, 0.3) is 5.57 Å². The van der Waals surface area contributed by atoms with E-state index in [1.807, 2.05) is 18.2 Å². The summed E-state index contributed by atoms with van der Waals surface area (Å²) in [5.74, 6) is 0.976. The second-order valence-corrected chi connectivity index (χ2v) is 3.67. The zero-order valence-electron chi connectivity index (χ0n) is 6.80. The van der Waals surface area contributed by atoms with Crippen molar-refractivity contribution in [1.29, 1.82) is 0 Å². The second kappa shape index (κ2) is 2.94. The molecular weight excluding hydrogens is 216 g/mol. The van der Waals surface area contributed by atoms with Gasteiger partial charge >= 0.3 is 0 Å². The maximum Gasteiger partial charge on any atom is 0.128 e. The summed E-state index contributed by atoms with van der Waals surface area (Å²) in [6.45, 7) is 2.79. The zero-order valence-corrected chi connectivity index (χ0v) is 8.39. The summed E-state index contributed by atoms with van der Waals surface area (Å²) in [6, 6.07) is 6.02. The highest BCUT2D eigenvalue weighted by atomic mass is 79.9. The first-order valence-corrected chi connectivity index (χ1v) is 4.67. The van der Waals surface area contributed by atoms with E-state index in [0.717, 1.165) is 10.2 Å². The van der Waals surface area contributed by atoms with Crippen molar-refractivity contribution in [2.75, 3.05) is 6.61 Å². The number of fused-ring (bicyclic) bond motifs is 1. The Morgan fingerprint density at radius 3 is 3.00 bits per heavy atom. The largest absolute Gasteiger partial charge is 0.489 e. The minimum absolute atomic E-state index is 0.690. The first-order valence-electron chi connectivity index (χ1n) is 3.87. The number of halogens is 1. The van der Waals surface area contributed by atoms with Gasteiger partial charge in [0.2, 0.25) is 0 Å². The lowest BCUT2D eigenvalue weighted by molar-refractivity contribution is 0.357. The molecular formula is C10H9BrO. The fourth-order valence-corrected chi connectivity index (χ4v) is 2.03. The molecule has 0 fully saturated rings. The normalized spacial score (nSPS) is 14.7. The monoisotopic (exact) mass is 224 g/mol.